The smallest absolute Gasteiger partial charge is 0.259 e. The van der Waals surface area contributed by atoms with E-state index in [1.165, 1.54) is 10.7 Å². The van der Waals surface area contributed by atoms with Gasteiger partial charge in [0.25, 0.3) is 5.91 Å². The molecule has 1 aliphatic carbocycles. The minimum Gasteiger partial charge on any atom is -0.493 e. The molecule has 0 atom stereocenters. The second-order valence-electron chi connectivity index (χ2n) is 8.34. The predicted octanol–water partition coefficient (Wildman–Crippen LogP) is 5.46. The normalized spacial score (nSPS) is 15.0. The molecule has 0 unspecified atom stereocenters. The van der Waals surface area contributed by atoms with Crippen molar-refractivity contribution in [2.75, 3.05) is 19.0 Å². The third-order valence-electron chi connectivity index (χ3n) is 6.02. The van der Waals surface area contributed by atoms with Gasteiger partial charge in [-0.2, -0.15) is 4.31 Å². The standard InChI is InChI=1S/C25H34N2O4S/c1-3-4-10-19-31-24-14-9-8-13-23(24)25(28)26-20-15-17-22(18-16-20)32(29,30)27(2)21-11-6-5-7-12-21/h8-9,13-18,21H,3-7,10-12,19H2,1-2H3,(H,26,28). The van der Waals surface area contributed by atoms with Gasteiger partial charge in [0.1, 0.15) is 5.75 Å². The zero-order valence-electron chi connectivity index (χ0n) is 19.0. The SMILES string of the molecule is CCCCCOc1ccccc1C(=O)Nc1ccc(S(=O)(=O)N(C)C2CCCCC2)cc1. The number of ether oxygens (including phenoxy) is 1. The van der Waals surface area contributed by atoms with Gasteiger partial charge in [-0.15, -0.1) is 0 Å². The Labute approximate surface area is 192 Å². The summed E-state index contributed by atoms with van der Waals surface area (Å²) in [5, 5.41) is 2.84. The molecule has 32 heavy (non-hydrogen) atoms. The Morgan fingerprint density at radius 1 is 1.03 bits per heavy atom. The number of nitrogens with zero attached hydrogens (tertiary/aromatic N) is 1. The highest BCUT2D eigenvalue weighted by atomic mass is 32.2. The highest BCUT2D eigenvalue weighted by molar-refractivity contribution is 7.89. The Hall–Kier alpha value is -2.38. The summed E-state index contributed by atoms with van der Waals surface area (Å²) in [5.41, 5.74) is 0.993. The molecule has 1 N–H and O–H groups in total. The van der Waals surface area contributed by atoms with Gasteiger partial charge in [0.05, 0.1) is 17.1 Å². The van der Waals surface area contributed by atoms with Crippen LogP contribution in [0.4, 0.5) is 5.69 Å². The quantitative estimate of drug-likeness (QED) is 0.480. The first-order valence-corrected chi connectivity index (χ1v) is 13.0. The maximum Gasteiger partial charge on any atom is 0.259 e. The molecular weight excluding hydrogens is 424 g/mol. The molecule has 2 aromatic rings. The summed E-state index contributed by atoms with van der Waals surface area (Å²) < 4.78 is 33.3. The lowest BCUT2D eigenvalue weighted by atomic mass is 9.96. The van der Waals surface area contributed by atoms with Gasteiger partial charge in [-0.3, -0.25) is 4.79 Å². The zero-order chi connectivity index (χ0) is 23.0. The van der Waals surface area contributed by atoms with Crippen molar-refractivity contribution in [1.82, 2.24) is 4.31 Å². The van der Waals surface area contributed by atoms with Gasteiger partial charge >= 0.3 is 0 Å². The molecule has 0 heterocycles. The van der Waals surface area contributed by atoms with Gasteiger partial charge < -0.3 is 10.1 Å². The molecule has 1 amide bonds. The highest BCUT2D eigenvalue weighted by Gasteiger charge is 2.29. The third-order valence-corrected chi connectivity index (χ3v) is 7.94. The van der Waals surface area contributed by atoms with Crippen LogP contribution in [0.25, 0.3) is 0 Å². The number of carbonyl (C=O) groups is 1. The molecule has 6 nitrogen and oxygen atoms in total. The van der Waals surface area contributed by atoms with Crippen molar-refractivity contribution in [3.8, 4) is 5.75 Å². The first-order valence-electron chi connectivity index (χ1n) is 11.5. The maximum atomic E-state index is 13.0. The number of sulfonamides is 1. The Bertz CT molecular complexity index is 983. The van der Waals surface area contributed by atoms with Crippen LogP contribution in [0.2, 0.25) is 0 Å². The Balaban J connectivity index is 1.66. The molecule has 174 valence electrons. The number of para-hydroxylation sites is 1. The van der Waals surface area contributed by atoms with E-state index in [2.05, 4.69) is 12.2 Å². The van der Waals surface area contributed by atoms with Crippen LogP contribution in [0.5, 0.6) is 5.75 Å². The summed E-state index contributed by atoms with van der Waals surface area (Å²) in [7, 11) is -1.89. The lowest BCUT2D eigenvalue weighted by Crippen LogP contribution is -2.38. The first-order chi connectivity index (χ1) is 15.4. The van der Waals surface area contributed by atoms with Crippen LogP contribution in [-0.2, 0) is 10.0 Å². The van der Waals surface area contributed by atoms with E-state index in [1.54, 1.807) is 49.5 Å². The van der Waals surface area contributed by atoms with Gasteiger partial charge in [0.15, 0.2) is 0 Å². The highest BCUT2D eigenvalue weighted by Crippen LogP contribution is 2.27. The lowest BCUT2D eigenvalue weighted by molar-refractivity contribution is 0.102. The number of hydrogen-bond donors (Lipinski definition) is 1. The van der Waals surface area contributed by atoms with Gasteiger partial charge in [-0.05, 0) is 55.7 Å². The van der Waals surface area contributed by atoms with E-state index < -0.39 is 10.0 Å². The Kier molecular flexibility index (Phi) is 8.70. The number of unbranched alkanes of at least 4 members (excludes halogenated alkanes) is 2. The minimum absolute atomic E-state index is 0.0574. The molecule has 0 aromatic heterocycles. The van der Waals surface area contributed by atoms with E-state index in [0.717, 1.165) is 44.9 Å². The monoisotopic (exact) mass is 458 g/mol. The molecule has 0 saturated heterocycles. The molecular formula is C25H34N2O4S. The molecule has 7 heteroatoms. The molecule has 1 fully saturated rings. The van der Waals surface area contributed by atoms with Crippen molar-refractivity contribution in [2.24, 2.45) is 0 Å². The number of anilines is 1. The number of carbonyl (C=O) groups excluding carboxylic acids is 1. The molecule has 0 bridgehead atoms. The van der Waals surface area contributed by atoms with Crippen molar-refractivity contribution in [2.45, 2.75) is 69.2 Å². The van der Waals surface area contributed by atoms with E-state index in [9.17, 15) is 13.2 Å². The van der Waals surface area contributed by atoms with Gasteiger partial charge in [0.2, 0.25) is 10.0 Å². The summed E-state index contributed by atoms with van der Waals surface area (Å²) >= 11 is 0. The van der Waals surface area contributed by atoms with Gasteiger partial charge in [-0.1, -0.05) is 51.2 Å². The van der Waals surface area contributed by atoms with Crippen LogP contribution < -0.4 is 10.1 Å². The van der Waals surface area contributed by atoms with Crippen LogP contribution in [-0.4, -0.2) is 38.3 Å². The summed E-state index contributed by atoms with van der Waals surface area (Å²) in [6.45, 7) is 2.70. The van der Waals surface area contributed by atoms with Crippen molar-refractivity contribution in [3.63, 3.8) is 0 Å². The second-order valence-corrected chi connectivity index (χ2v) is 10.3. The molecule has 0 spiro atoms. The Morgan fingerprint density at radius 3 is 2.41 bits per heavy atom. The third kappa shape index (κ3) is 6.11. The fourth-order valence-electron chi connectivity index (χ4n) is 4.03. The van der Waals surface area contributed by atoms with E-state index in [1.807, 2.05) is 6.07 Å². The average molecular weight is 459 g/mol. The van der Waals surface area contributed by atoms with E-state index in [4.69, 9.17) is 4.74 Å². The number of rotatable bonds is 10. The zero-order valence-corrected chi connectivity index (χ0v) is 19.9. The summed E-state index contributed by atoms with van der Waals surface area (Å²) in [5.74, 6) is 0.264. The van der Waals surface area contributed by atoms with Crippen LogP contribution in [0.3, 0.4) is 0 Å². The van der Waals surface area contributed by atoms with Crippen molar-refractivity contribution < 1.29 is 17.9 Å². The first kappa shape index (κ1) is 24.3. The number of nitrogens with one attached hydrogen (secondary N) is 1. The van der Waals surface area contributed by atoms with Crippen LogP contribution in [0.15, 0.2) is 53.4 Å². The number of benzene rings is 2. The van der Waals surface area contributed by atoms with E-state index in [-0.39, 0.29) is 16.8 Å². The van der Waals surface area contributed by atoms with Crippen LogP contribution in [0, 0.1) is 0 Å². The molecule has 2 aromatic carbocycles. The molecule has 1 aliphatic rings. The van der Waals surface area contributed by atoms with Gasteiger partial charge in [0, 0.05) is 18.8 Å². The molecule has 3 rings (SSSR count). The van der Waals surface area contributed by atoms with Crippen molar-refractivity contribution >= 4 is 21.6 Å². The molecule has 0 radical (unpaired) electrons. The molecule has 0 aliphatic heterocycles. The van der Waals surface area contributed by atoms with Crippen molar-refractivity contribution in [1.29, 1.82) is 0 Å². The fraction of sp³-hybridized carbons (Fsp3) is 0.480. The van der Waals surface area contributed by atoms with E-state index >= 15 is 0 Å². The lowest BCUT2D eigenvalue weighted by Gasteiger charge is -2.30. The molecule has 1 saturated carbocycles. The van der Waals surface area contributed by atoms with Crippen LogP contribution in [0.1, 0.15) is 68.6 Å². The predicted molar refractivity (Wildman–Crippen MR) is 128 cm³/mol. The largest absolute Gasteiger partial charge is 0.493 e. The summed E-state index contributed by atoms with van der Waals surface area (Å²) in [6.07, 6.45) is 8.25. The van der Waals surface area contributed by atoms with E-state index in [0.29, 0.717) is 23.6 Å². The van der Waals surface area contributed by atoms with Gasteiger partial charge in [-0.25, -0.2) is 8.42 Å². The van der Waals surface area contributed by atoms with Crippen LogP contribution >= 0.6 is 0 Å². The van der Waals surface area contributed by atoms with Crippen molar-refractivity contribution in [3.05, 3.63) is 54.1 Å². The maximum absolute atomic E-state index is 13.0. The Morgan fingerprint density at radius 2 is 1.72 bits per heavy atom. The summed E-state index contributed by atoms with van der Waals surface area (Å²) in [4.78, 5) is 13.0. The second kappa shape index (κ2) is 11.5. The minimum atomic E-state index is -3.56. The fourth-order valence-corrected chi connectivity index (χ4v) is 5.45. The number of amides is 1. The summed E-state index contributed by atoms with van der Waals surface area (Å²) in [6, 6.07) is 13.6. The topological polar surface area (TPSA) is 75.7 Å². The average Bonchev–Trinajstić information content (AvgIpc) is 2.82. The number of hydrogen-bond acceptors (Lipinski definition) is 4.